The molecule has 4 amide bonds. The SMILES string of the molecule is CC(C)CC(OC(=O)NCc1ccccc1)C(=O)NC1(C#N)CCCN(C(=O)NCc2ccccc2)CC1. The van der Waals surface area contributed by atoms with Gasteiger partial charge in [-0.2, -0.15) is 5.26 Å². The maximum atomic E-state index is 13.2. The number of nitrogens with zero attached hydrogens (tertiary/aromatic N) is 2. The molecule has 1 aliphatic heterocycles. The molecule has 1 heterocycles. The van der Waals surface area contributed by atoms with E-state index in [1.807, 2.05) is 74.5 Å². The summed E-state index contributed by atoms with van der Waals surface area (Å²) in [6, 6.07) is 21.1. The number of carbonyl (C=O) groups excluding carboxylic acids is 3. The van der Waals surface area contributed by atoms with Crippen molar-refractivity contribution in [1.82, 2.24) is 20.9 Å². The van der Waals surface area contributed by atoms with E-state index >= 15 is 0 Å². The first-order valence-electron chi connectivity index (χ1n) is 13.1. The minimum Gasteiger partial charge on any atom is -0.436 e. The fraction of sp³-hybridized carbons (Fsp3) is 0.448. The first-order valence-corrected chi connectivity index (χ1v) is 13.1. The minimum atomic E-state index is -1.15. The molecule has 0 spiro atoms. The molecular weight excluding hydrogens is 482 g/mol. The van der Waals surface area contributed by atoms with Crippen LogP contribution >= 0.6 is 0 Å². The Morgan fingerprint density at radius 1 is 0.947 bits per heavy atom. The van der Waals surface area contributed by atoms with Crippen molar-refractivity contribution in [1.29, 1.82) is 5.26 Å². The number of urea groups is 1. The highest BCUT2D eigenvalue weighted by molar-refractivity contribution is 5.84. The van der Waals surface area contributed by atoms with Gasteiger partial charge in [0.25, 0.3) is 5.91 Å². The van der Waals surface area contributed by atoms with E-state index in [-0.39, 0.29) is 24.9 Å². The van der Waals surface area contributed by atoms with E-state index in [2.05, 4.69) is 22.0 Å². The maximum absolute atomic E-state index is 13.2. The summed E-state index contributed by atoms with van der Waals surface area (Å²) in [7, 11) is 0. The molecule has 1 saturated heterocycles. The molecule has 2 aromatic carbocycles. The summed E-state index contributed by atoms with van der Waals surface area (Å²) in [5, 5.41) is 18.5. The quantitative estimate of drug-likeness (QED) is 0.460. The molecule has 0 bridgehead atoms. The van der Waals surface area contributed by atoms with E-state index in [9.17, 15) is 19.6 Å². The third-order valence-corrected chi connectivity index (χ3v) is 6.50. The van der Waals surface area contributed by atoms with Crippen LogP contribution in [0.5, 0.6) is 0 Å². The molecule has 9 nitrogen and oxygen atoms in total. The van der Waals surface area contributed by atoms with Crippen molar-refractivity contribution in [2.75, 3.05) is 13.1 Å². The van der Waals surface area contributed by atoms with E-state index in [1.54, 1.807) is 4.90 Å². The Morgan fingerprint density at radius 2 is 1.55 bits per heavy atom. The molecule has 0 saturated carbocycles. The summed E-state index contributed by atoms with van der Waals surface area (Å²) in [6.07, 6.45) is -0.179. The van der Waals surface area contributed by atoms with Crippen LogP contribution in [0.3, 0.4) is 0 Å². The van der Waals surface area contributed by atoms with E-state index in [4.69, 9.17) is 4.74 Å². The number of likely N-dealkylation sites (tertiary alicyclic amines) is 1. The predicted octanol–water partition coefficient (Wildman–Crippen LogP) is 4.10. The Labute approximate surface area is 224 Å². The molecule has 2 aromatic rings. The number of benzene rings is 2. The van der Waals surface area contributed by atoms with E-state index in [0.717, 1.165) is 11.1 Å². The normalized spacial score (nSPS) is 18.0. The molecule has 2 unspecified atom stereocenters. The summed E-state index contributed by atoms with van der Waals surface area (Å²) in [5.74, 6) is -0.416. The van der Waals surface area contributed by atoms with Crippen molar-refractivity contribution in [3.05, 3.63) is 71.8 Å². The van der Waals surface area contributed by atoms with E-state index < -0.39 is 23.6 Å². The fourth-order valence-corrected chi connectivity index (χ4v) is 4.38. The molecule has 9 heteroatoms. The minimum absolute atomic E-state index is 0.0867. The van der Waals surface area contributed by atoms with Crippen LogP contribution in [0.4, 0.5) is 9.59 Å². The van der Waals surface area contributed by atoms with Gasteiger partial charge in [-0.25, -0.2) is 9.59 Å². The standard InChI is InChI=1S/C29H37N5O4/c1-22(2)18-25(38-28(37)32-20-24-12-7-4-8-13-24)26(35)33-29(21-30)14-9-16-34(17-15-29)27(36)31-19-23-10-5-3-6-11-23/h3-8,10-13,22,25H,9,14-20H2,1-2H3,(H,31,36)(H,32,37)(H,33,35). The second-order valence-corrected chi connectivity index (χ2v) is 10.0. The highest BCUT2D eigenvalue weighted by Crippen LogP contribution is 2.23. The molecule has 3 N–H and O–H groups in total. The average molecular weight is 520 g/mol. The molecule has 3 rings (SSSR count). The van der Waals surface area contributed by atoms with Gasteiger partial charge in [0.1, 0.15) is 5.54 Å². The van der Waals surface area contributed by atoms with Crippen LogP contribution in [0.25, 0.3) is 0 Å². The lowest BCUT2D eigenvalue weighted by atomic mass is 9.91. The largest absolute Gasteiger partial charge is 0.436 e. The van der Waals surface area contributed by atoms with Crippen molar-refractivity contribution in [3.63, 3.8) is 0 Å². The van der Waals surface area contributed by atoms with Crippen LogP contribution in [-0.4, -0.2) is 47.7 Å². The molecule has 1 aliphatic rings. The summed E-state index contributed by atoms with van der Waals surface area (Å²) >= 11 is 0. The molecule has 0 aromatic heterocycles. The van der Waals surface area contributed by atoms with Crippen molar-refractivity contribution < 1.29 is 19.1 Å². The van der Waals surface area contributed by atoms with Crippen molar-refractivity contribution in [3.8, 4) is 6.07 Å². The van der Waals surface area contributed by atoms with Gasteiger partial charge >= 0.3 is 12.1 Å². The second-order valence-electron chi connectivity index (χ2n) is 10.0. The fourth-order valence-electron chi connectivity index (χ4n) is 4.38. The molecule has 38 heavy (non-hydrogen) atoms. The summed E-state index contributed by atoms with van der Waals surface area (Å²) in [6.45, 7) is 5.36. The highest BCUT2D eigenvalue weighted by atomic mass is 16.6. The molecule has 0 aliphatic carbocycles. The van der Waals surface area contributed by atoms with Crippen LogP contribution < -0.4 is 16.0 Å². The third-order valence-electron chi connectivity index (χ3n) is 6.50. The second kappa shape index (κ2) is 14.0. The third kappa shape index (κ3) is 8.80. The molecule has 2 atom stereocenters. The van der Waals surface area contributed by atoms with Crippen LogP contribution in [0.1, 0.15) is 50.7 Å². The number of hydrogen-bond donors (Lipinski definition) is 3. The number of nitriles is 1. The molecule has 202 valence electrons. The summed E-state index contributed by atoms with van der Waals surface area (Å²) in [5.41, 5.74) is 0.761. The van der Waals surface area contributed by atoms with Crippen molar-refractivity contribution >= 4 is 18.0 Å². The number of nitrogens with one attached hydrogen (secondary N) is 3. The topological polar surface area (TPSA) is 124 Å². The number of alkyl carbamates (subject to hydrolysis) is 1. The number of rotatable bonds is 9. The monoisotopic (exact) mass is 519 g/mol. The van der Waals surface area contributed by atoms with Gasteiger partial charge in [0, 0.05) is 32.6 Å². The Bertz CT molecular complexity index is 1100. The van der Waals surface area contributed by atoms with Crippen LogP contribution in [-0.2, 0) is 22.6 Å². The Balaban J connectivity index is 1.56. The first-order chi connectivity index (χ1) is 18.3. The van der Waals surface area contributed by atoms with Gasteiger partial charge in [-0.3, -0.25) is 4.79 Å². The lowest BCUT2D eigenvalue weighted by Crippen LogP contribution is -2.53. The zero-order valence-electron chi connectivity index (χ0n) is 22.1. The van der Waals surface area contributed by atoms with Crippen molar-refractivity contribution in [2.24, 2.45) is 5.92 Å². The number of carbonyl (C=O) groups is 3. The predicted molar refractivity (Wildman–Crippen MR) is 144 cm³/mol. The number of hydrogen-bond acceptors (Lipinski definition) is 5. The van der Waals surface area contributed by atoms with Crippen LogP contribution in [0.2, 0.25) is 0 Å². The van der Waals surface area contributed by atoms with Gasteiger partial charge in [-0.15, -0.1) is 0 Å². The summed E-state index contributed by atoms with van der Waals surface area (Å²) < 4.78 is 5.49. The van der Waals surface area contributed by atoms with Crippen LogP contribution in [0.15, 0.2) is 60.7 Å². The number of amides is 4. The zero-order valence-corrected chi connectivity index (χ0v) is 22.1. The molecular formula is C29H37N5O4. The Kier molecular flexibility index (Phi) is 10.5. The number of ether oxygens (including phenoxy) is 1. The lowest BCUT2D eigenvalue weighted by Gasteiger charge is -2.29. The Hall–Kier alpha value is -4.06. The Morgan fingerprint density at radius 3 is 2.13 bits per heavy atom. The zero-order chi connectivity index (χ0) is 27.4. The summed E-state index contributed by atoms with van der Waals surface area (Å²) in [4.78, 5) is 40.1. The van der Waals surface area contributed by atoms with Gasteiger partial charge in [-0.1, -0.05) is 74.5 Å². The lowest BCUT2D eigenvalue weighted by molar-refractivity contribution is -0.131. The van der Waals surface area contributed by atoms with E-state index in [1.165, 1.54) is 0 Å². The smallest absolute Gasteiger partial charge is 0.408 e. The average Bonchev–Trinajstić information content (AvgIpc) is 3.14. The molecule has 1 fully saturated rings. The first kappa shape index (κ1) is 28.5. The van der Waals surface area contributed by atoms with Gasteiger partial charge in [0.15, 0.2) is 6.10 Å². The van der Waals surface area contributed by atoms with Crippen LogP contribution in [0, 0.1) is 17.2 Å². The van der Waals surface area contributed by atoms with Crippen molar-refractivity contribution in [2.45, 2.75) is 64.3 Å². The van der Waals surface area contributed by atoms with Gasteiger partial charge < -0.3 is 25.6 Å². The van der Waals surface area contributed by atoms with E-state index in [0.29, 0.717) is 38.9 Å². The highest BCUT2D eigenvalue weighted by Gasteiger charge is 2.38. The van der Waals surface area contributed by atoms with Gasteiger partial charge in [-0.05, 0) is 36.3 Å². The van der Waals surface area contributed by atoms with Gasteiger partial charge in [0.05, 0.1) is 6.07 Å². The maximum Gasteiger partial charge on any atom is 0.408 e. The van der Waals surface area contributed by atoms with Gasteiger partial charge in [0.2, 0.25) is 0 Å². The molecule has 0 radical (unpaired) electrons.